The number of nitrogens with two attached hydrogens (primary N) is 1. The number of alkyl halides is 3. The Morgan fingerprint density at radius 1 is 1.15 bits per heavy atom. The molecule has 2 heterocycles. The molecule has 0 spiro atoms. The fraction of sp³-hybridized carbons (Fsp3) is 0.348. The minimum Gasteiger partial charge on any atom is -0.404 e. The van der Waals surface area contributed by atoms with Crippen LogP contribution in [0.4, 0.5) is 23.2 Å². The zero-order valence-corrected chi connectivity index (χ0v) is 18.2. The Bertz CT molecular complexity index is 1040. The van der Waals surface area contributed by atoms with E-state index in [1.807, 2.05) is 0 Å². The molecular formula is C23H22ClF4N3O2. The van der Waals surface area contributed by atoms with Gasteiger partial charge < -0.3 is 15.4 Å². The third-order valence-corrected chi connectivity index (χ3v) is 6.22. The summed E-state index contributed by atoms with van der Waals surface area (Å²) in [6.07, 6.45) is 0.00435. The quantitative estimate of drug-likeness (QED) is 0.271. The Hall–Kier alpha value is -2.78. The zero-order valence-electron chi connectivity index (χ0n) is 17.5. The van der Waals surface area contributed by atoms with E-state index in [1.54, 1.807) is 18.3 Å². The number of likely N-dealkylation sites (tertiary alicyclic amines) is 1. The SMILES string of the molecule is Nc1cc(Cl)c(OC(F)(F)F)cc1C(=O)C=CN1C2CCC1CN(Cc1ccc(F)cc1)C2. The van der Waals surface area contributed by atoms with Crippen LogP contribution in [0.15, 0.2) is 48.7 Å². The third-order valence-electron chi connectivity index (χ3n) is 5.93. The van der Waals surface area contributed by atoms with E-state index in [9.17, 15) is 22.4 Å². The molecule has 2 aliphatic heterocycles. The van der Waals surface area contributed by atoms with Crippen molar-refractivity contribution < 1.29 is 27.1 Å². The molecule has 2 saturated heterocycles. The summed E-state index contributed by atoms with van der Waals surface area (Å²) in [4.78, 5) is 17.1. The van der Waals surface area contributed by atoms with Crippen LogP contribution >= 0.6 is 11.6 Å². The summed E-state index contributed by atoms with van der Waals surface area (Å²) >= 11 is 5.77. The van der Waals surface area contributed by atoms with Crippen molar-refractivity contribution in [1.82, 2.24) is 9.80 Å². The van der Waals surface area contributed by atoms with Crippen LogP contribution in [0.5, 0.6) is 5.75 Å². The number of piperazine rings is 1. The molecule has 176 valence electrons. The Morgan fingerprint density at radius 2 is 1.79 bits per heavy atom. The predicted octanol–water partition coefficient (Wildman–Crippen LogP) is 5.01. The van der Waals surface area contributed by atoms with E-state index in [1.165, 1.54) is 18.2 Å². The average Bonchev–Trinajstić information content (AvgIpc) is 2.97. The van der Waals surface area contributed by atoms with E-state index in [0.29, 0.717) is 6.54 Å². The number of nitrogens with zero attached hydrogens (tertiary/aromatic N) is 2. The maximum absolute atomic E-state index is 13.1. The monoisotopic (exact) mass is 483 g/mol. The van der Waals surface area contributed by atoms with E-state index in [-0.39, 0.29) is 34.2 Å². The van der Waals surface area contributed by atoms with Crippen molar-refractivity contribution in [2.75, 3.05) is 18.8 Å². The molecule has 33 heavy (non-hydrogen) atoms. The number of hydrogen-bond acceptors (Lipinski definition) is 5. The van der Waals surface area contributed by atoms with Gasteiger partial charge in [0.1, 0.15) is 11.6 Å². The number of ether oxygens (including phenoxy) is 1. The summed E-state index contributed by atoms with van der Waals surface area (Å²) in [7, 11) is 0. The first-order chi connectivity index (χ1) is 15.6. The second kappa shape index (κ2) is 9.23. The molecule has 2 unspecified atom stereocenters. The van der Waals surface area contributed by atoms with Gasteiger partial charge in [0.25, 0.3) is 0 Å². The molecule has 0 aliphatic carbocycles. The molecule has 2 aliphatic rings. The molecule has 0 saturated carbocycles. The lowest BCUT2D eigenvalue weighted by Gasteiger charge is -2.40. The Balaban J connectivity index is 1.43. The molecule has 2 N–H and O–H groups in total. The number of rotatable bonds is 6. The Kier molecular flexibility index (Phi) is 6.54. The maximum atomic E-state index is 13.1. The van der Waals surface area contributed by atoms with Gasteiger partial charge in [0.2, 0.25) is 0 Å². The van der Waals surface area contributed by atoms with Gasteiger partial charge in [-0.25, -0.2) is 4.39 Å². The summed E-state index contributed by atoms with van der Waals surface area (Å²) in [5.74, 6) is -1.48. The first-order valence-corrected chi connectivity index (χ1v) is 10.8. The van der Waals surface area contributed by atoms with Crippen LogP contribution in [0.1, 0.15) is 28.8 Å². The number of ketones is 1. The number of carbonyl (C=O) groups is 1. The lowest BCUT2D eigenvalue weighted by Crippen LogP contribution is -2.50. The average molecular weight is 484 g/mol. The van der Waals surface area contributed by atoms with Crippen LogP contribution in [0.3, 0.4) is 0 Å². The molecule has 2 fully saturated rings. The smallest absolute Gasteiger partial charge is 0.404 e. The highest BCUT2D eigenvalue weighted by atomic mass is 35.5. The van der Waals surface area contributed by atoms with E-state index < -0.39 is 17.9 Å². The van der Waals surface area contributed by atoms with Crippen molar-refractivity contribution in [3.05, 3.63) is 70.6 Å². The normalized spacial score (nSPS) is 21.1. The number of halogens is 5. The van der Waals surface area contributed by atoms with Crippen molar-refractivity contribution in [2.45, 2.75) is 37.8 Å². The summed E-state index contributed by atoms with van der Waals surface area (Å²) in [5, 5.41) is -0.333. The van der Waals surface area contributed by atoms with Crippen LogP contribution in [-0.2, 0) is 6.54 Å². The molecule has 0 radical (unpaired) electrons. The molecule has 0 amide bonds. The lowest BCUT2D eigenvalue weighted by molar-refractivity contribution is -0.274. The molecule has 5 nitrogen and oxygen atoms in total. The highest BCUT2D eigenvalue weighted by molar-refractivity contribution is 6.32. The highest BCUT2D eigenvalue weighted by Gasteiger charge is 2.38. The second-order valence-electron chi connectivity index (χ2n) is 8.25. The van der Waals surface area contributed by atoms with E-state index in [0.717, 1.165) is 43.6 Å². The van der Waals surface area contributed by atoms with Gasteiger partial charge in [0, 0.05) is 55.2 Å². The van der Waals surface area contributed by atoms with E-state index >= 15 is 0 Å². The summed E-state index contributed by atoms with van der Waals surface area (Å²) in [6.45, 7) is 2.30. The second-order valence-corrected chi connectivity index (χ2v) is 8.66. The van der Waals surface area contributed by atoms with Crippen molar-refractivity contribution in [3.63, 3.8) is 0 Å². The summed E-state index contributed by atoms with van der Waals surface area (Å²) < 4.78 is 54.8. The summed E-state index contributed by atoms with van der Waals surface area (Å²) in [6, 6.07) is 8.84. The minimum atomic E-state index is -4.94. The van der Waals surface area contributed by atoms with Crippen LogP contribution in [0.25, 0.3) is 0 Å². The van der Waals surface area contributed by atoms with Gasteiger partial charge in [-0.1, -0.05) is 23.7 Å². The third kappa shape index (κ3) is 5.59. The molecule has 0 aromatic heterocycles. The van der Waals surface area contributed by atoms with Gasteiger partial charge in [-0.2, -0.15) is 0 Å². The van der Waals surface area contributed by atoms with Gasteiger partial charge in [0.05, 0.1) is 5.02 Å². The molecule has 2 bridgehead atoms. The Labute approximate surface area is 193 Å². The van der Waals surface area contributed by atoms with Gasteiger partial charge in [-0.15, -0.1) is 13.2 Å². The number of hydrogen-bond donors (Lipinski definition) is 1. The van der Waals surface area contributed by atoms with Crippen molar-refractivity contribution in [3.8, 4) is 5.75 Å². The van der Waals surface area contributed by atoms with Gasteiger partial charge in [-0.05, 0) is 42.7 Å². The largest absolute Gasteiger partial charge is 0.573 e. The van der Waals surface area contributed by atoms with Crippen LogP contribution in [0, 0.1) is 5.82 Å². The molecule has 2 aromatic rings. The van der Waals surface area contributed by atoms with Gasteiger partial charge >= 0.3 is 6.36 Å². The standard InChI is InChI=1S/C23H22ClF4N3O2/c24-19-10-20(29)18(9-22(19)33-23(26,27)28)21(32)7-8-31-16-5-6-17(31)13-30(12-16)11-14-1-3-15(25)4-2-14/h1-4,7-10,16-17H,5-6,11-13,29H2. The van der Waals surface area contributed by atoms with Crippen molar-refractivity contribution >= 4 is 23.1 Å². The van der Waals surface area contributed by atoms with Gasteiger partial charge in [-0.3, -0.25) is 9.69 Å². The van der Waals surface area contributed by atoms with Crippen LogP contribution in [-0.4, -0.2) is 47.1 Å². The highest BCUT2D eigenvalue weighted by Crippen LogP contribution is 2.35. The number of fused-ring (bicyclic) bond motifs is 2. The number of carbonyl (C=O) groups excluding carboxylic acids is 1. The fourth-order valence-corrected chi connectivity index (χ4v) is 4.68. The zero-order chi connectivity index (χ0) is 23.8. The maximum Gasteiger partial charge on any atom is 0.573 e. The predicted molar refractivity (Wildman–Crippen MR) is 116 cm³/mol. The first-order valence-electron chi connectivity index (χ1n) is 10.4. The number of allylic oxidation sites excluding steroid dienone is 1. The van der Waals surface area contributed by atoms with Crippen molar-refractivity contribution in [2.24, 2.45) is 0 Å². The molecule has 2 aromatic carbocycles. The first kappa shape index (κ1) is 23.4. The molecule has 10 heteroatoms. The minimum absolute atomic E-state index is 0.0312. The lowest BCUT2D eigenvalue weighted by atomic mass is 10.1. The Morgan fingerprint density at radius 3 is 2.39 bits per heavy atom. The number of anilines is 1. The van der Waals surface area contributed by atoms with Crippen molar-refractivity contribution in [1.29, 1.82) is 0 Å². The molecule has 4 rings (SSSR count). The van der Waals surface area contributed by atoms with Crippen LogP contribution < -0.4 is 10.5 Å². The van der Waals surface area contributed by atoms with E-state index in [2.05, 4.69) is 14.5 Å². The fourth-order valence-electron chi connectivity index (χ4n) is 4.47. The topological polar surface area (TPSA) is 58.8 Å². The number of benzene rings is 2. The summed E-state index contributed by atoms with van der Waals surface area (Å²) in [5.41, 5.74) is 6.70. The van der Waals surface area contributed by atoms with Crippen LogP contribution in [0.2, 0.25) is 5.02 Å². The molecular weight excluding hydrogens is 462 g/mol. The van der Waals surface area contributed by atoms with Gasteiger partial charge in [0.15, 0.2) is 5.78 Å². The number of nitrogen functional groups attached to an aromatic ring is 1. The van der Waals surface area contributed by atoms with E-state index in [4.69, 9.17) is 17.3 Å². The molecule has 2 atom stereocenters.